The largest absolute Gasteiger partial charge is 0.478 e. The van der Waals surface area contributed by atoms with Crippen molar-refractivity contribution in [3.8, 4) is 0 Å². The molecule has 1 aromatic rings. The highest BCUT2D eigenvalue weighted by Crippen LogP contribution is 2.36. The van der Waals surface area contributed by atoms with E-state index >= 15 is 0 Å². The Balaban J connectivity index is 1.85. The molecular formula is C12H12F3N3O3. The summed E-state index contributed by atoms with van der Waals surface area (Å²) in [6.45, 7) is 0. The first-order valence-electron chi connectivity index (χ1n) is 6.44. The van der Waals surface area contributed by atoms with Gasteiger partial charge >= 0.3 is 12.1 Å². The van der Waals surface area contributed by atoms with E-state index in [-0.39, 0.29) is 24.2 Å². The number of hydrogen-bond acceptors (Lipinski definition) is 5. The standard InChI is InChI=1S/C12H12F3N3O3/c13-12(14,15)9-6(10(19)20)4-16-11(18-9)17-7-3-5-1-2-8(7)21-5/h4-5,7-8H,1-3H2,(H,19,20)(H,16,17,18)/t5-,7+,8+/m1/s1. The minimum Gasteiger partial charge on any atom is -0.478 e. The molecule has 2 fully saturated rings. The first-order valence-corrected chi connectivity index (χ1v) is 6.44. The zero-order valence-corrected chi connectivity index (χ0v) is 10.7. The molecule has 114 valence electrons. The summed E-state index contributed by atoms with van der Waals surface area (Å²) >= 11 is 0. The van der Waals surface area contributed by atoms with E-state index in [1.807, 2.05) is 0 Å². The monoisotopic (exact) mass is 303 g/mol. The van der Waals surface area contributed by atoms with E-state index in [1.165, 1.54) is 0 Å². The molecule has 0 saturated carbocycles. The van der Waals surface area contributed by atoms with Crippen LogP contribution < -0.4 is 5.32 Å². The highest BCUT2D eigenvalue weighted by atomic mass is 19.4. The SMILES string of the molecule is O=C(O)c1cnc(N[C@H]2C[C@H]3CC[C@@H]2O3)nc1C(F)(F)F. The van der Waals surface area contributed by atoms with Crippen LogP contribution in [0.25, 0.3) is 0 Å². The molecule has 3 atom stereocenters. The van der Waals surface area contributed by atoms with Crippen LogP contribution in [0.3, 0.4) is 0 Å². The number of carboxylic acids is 1. The molecular weight excluding hydrogens is 291 g/mol. The number of nitrogens with zero attached hydrogens (tertiary/aromatic N) is 2. The Labute approximate surface area is 117 Å². The van der Waals surface area contributed by atoms with Crippen molar-refractivity contribution in [1.82, 2.24) is 9.97 Å². The van der Waals surface area contributed by atoms with Gasteiger partial charge in [0.05, 0.1) is 18.2 Å². The van der Waals surface area contributed by atoms with Crippen molar-refractivity contribution in [3.63, 3.8) is 0 Å². The van der Waals surface area contributed by atoms with E-state index in [0.717, 1.165) is 12.8 Å². The lowest BCUT2D eigenvalue weighted by Crippen LogP contribution is -2.31. The fourth-order valence-electron chi connectivity index (χ4n) is 2.78. The second-order valence-electron chi connectivity index (χ2n) is 5.12. The van der Waals surface area contributed by atoms with Gasteiger partial charge in [0, 0.05) is 6.20 Å². The number of ether oxygens (including phenoxy) is 1. The van der Waals surface area contributed by atoms with Gasteiger partial charge in [-0.05, 0) is 19.3 Å². The Morgan fingerprint density at radius 3 is 2.71 bits per heavy atom. The Morgan fingerprint density at radius 1 is 1.43 bits per heavy atom. The van der Waals surface area contributed by atoms with Crippen LogP contribution in [-0.4, -0.2) is 39.3 Å². The van der Waals surface area contributed by atoms with Gasteiger partial charge in [0.15, 0.2) is 5.69 Å². The van der Waals surface area contributed by atoms with Crippen molar-refractivity contribution in [1.29, 1.82) is 0 Å². The zero-order chi connectivity index (χ0) is 15.2. The molecule has 2 bridgehead atoms. The van der Waals surface area contributed by atoms with Crippen molar-refractivity contribution < 1.29 is 27.8 Å². The van der Waals surface area contributed by atoms with Gasteiger partial charge < -0.3 is 15.2 Å². The molecule has 6 nitrogen and oxygen atoms in total. The van der Waals surface area contributed by atoms with E-state index < -0.39 is 23.4 Å². The summed E-state index contributed by atoms with van der Waals surface area (Å²) < 4.78 is 44.1. The van der Waals surface area contributed by atoms with Crippen LogP contribution in [-0.2, 0) is 10.9 Å². The first kappa shape index (κ1) is 14.1. The molecule has 0 aromatic carbocycles. The second-order valence-corrected chi connectivity index (χ2v) is 5.12. The molecule has 21 heavy (non-hydrogen) atoms. The number of carboxylic acid groups (broad SMARTS) is 1. The number of alkyl halides is 3. The maximum Gasteiger partial charge on any atom is 0.434 e. The second kappa shape index (κ2) is 4.83. The van der Waals surface area contributed by atoms with E-state index in [2.05, 4.69) is 15.3 Å². The van der Waals surface area contributed by atoms with Gasteiger partial charge in [-0.3, -0.25) is 0 Å². The summed E-state index contributed by atoms with van der Waals surface area (Å²) in [7, 11) is 0. The quantitative estimate of drug-likeness (QED) is 0.887. The van der Waals surface area contributed by atoms with Crippen LogP contribution in [0.1, 0.15) is 35.3 Å². The van der Waals surface area contributed by atoms with Gasteiger partial charge in [-0.15, -0.1) is 0 Å². The summed E-state index contributed by atoms with van der Waals surface area (Å²) in [4.78, 5) is 17.8. The van der Waals surface area contributed by atoms with Crippen LogP contribution in [0.2, 0.25) is 0 Å². The maximum atomic E-state index is 12.8. The number of fused-ring (bicyclic) bond motifs is 2. The third-order valence-electron chi connectivity index (χ3n) is 3.71. The molecule has 0 radical (unpaired) electrons. The number of aromatic nitrogens is 2. The van der Waals surface area contributed by atoms with Crippen molar-refractivity contribution in [2.75, 3.05) is 5.32 Å². The molecule has 2 N–H and O–H groups in total. The first-order chi connectivity index (χ1) is 9.84. The van der Waals surface area contributed by atoms with Gasteiger partial charge in [-0.2, -0.15) is 13.2 Å². The highest BCUT2D eigenvalue weighted by molar-refractivity contribution is 5.88. The highest BCUT2D eigenvalue weighted by Gasteiger charge is 2.42. The Bertz CT molecular complexity index is 579. The predicted molar refractivity (Wildman–Crippen MR) is 63.9 cm³/mol. The Kier molecular flexibility index (Phi) is 3.23. The molecule has 2 aliphatic rings. The Morgan fingerprint density at radius 2 is 2.19 bits per heavy atom. The van der Waals surface area contributed by atoms with Gasteiger partial charge in [0.1, 0.15) is 5.56 Å². The zero-order valence-electron chi connectivity index (χ0n) is 10.7. The smallest absolute Gasteiger partial charge is 0.434 e. The molecule has 3 heterocycles. The molecule has 2 aliphatic heterocycles. The third-order valence-corrected chi connectivity index (χ3v) is 3.71. The fraction of sp³-hybridized carbons (Fsp3) is 0.583. The number of anilines is 1. The predicted octanol–water partition coefficient (Wildman–Crippen LogP) is 1.93. The average molecular weight is 303 g/mol. The summed E-state index contributed by atoms with van der Waals surface area (Å²) in [5, 5.41) is 11.6. The lowest BCUT2D eigenvalue weighted by Gasteiger charge is -2.20. The number of aromatic carboxylic acids is 1. The number of nitrogens with one attached hydrogen (secondary N) is 1. The van der Waals surface area contributed by atoms with E-state index in [0.29, 0.717) is 12.6 Å². The molecule has 9 heteroatoms. The molecule has 0 amide bonds. The molecule has 2 saturated heterocycles. The lowest BCUT2D eigenvalue weighted by molar-refractivity contribution is -0.141. The maximum absolute atomic E-state index is 12.8. The molecule has 0 unspecified atom stereocenters. The van der Waals surface area contributed by atoms with Crippen LogP contribution in [0, 0.1) is 0 Å². The van der Waals surface area contributed by atoms with Crippen LogP contribution >= 0.6 is 0 Å². The minimum absolute atomic E-state index is 0.0490. The summed E-state index contributed by atoms with van der Waals surface area (Å²) in [6, 6.07) is -0.138. The molecule has 0 aliphatic carbocycles. The summed E-state index contributed by atoms with van der Waals surface area (Å²) in [5.41, 5.74) is -2.41. The normalized spacial score (nSPS) is 27.9. The third kappa shape index (κ3) is 2.65. The van der Waals surface area contributed by atoms with Crippen LogP contribution in [0.15, 0.2) is 6.20 Å². The van der Waals surface area contributed by atoms with Gasteiger partial charge in [-0.25, -0.2) is 14.8 Å². The van der Waals surface area contributed by atoms with Crippen LogP contribution in [0.5, 0.6) is 0 Å². The minimum atomic E-state index is -4.85. The number of halogens is 3. The van der Waals surface area contributed by atoms with Crippen molar-refractivity contribution >= 4 is 11.9 Å². The van der Waals surface area contributed by atoms with Crippen molar-refractivity contribution in [2.24, 2.45) is 0 Å². The molecule has 3 rings (SSSR count). The van der Waals surface area contributed by atoms with Gasteiger partial charge in [0.25, 0.3) is 0 Å². The molecule has 1 aromatic heterocycles. The topological polar surface area (TPSA) is 84.3 Å². The summed E-state index contributed by atoms with van der Waals surface area (Å²) in [6.07, 6.45) is -1.60. The van der Waals surface area contributed by atoms with Crippen LogP contribution in [0.4, 0.5) is 19.1 Å². The van der Waals surface area contributed by atoms with Crippen molar-refractivity contribution in [3.05, 3.63) is 17.5 Å². The van der Waals surface area contributed by atoms with Gasteiger partial charge in [-0.1, -0.05) is 0 Å². The number of hydrogen-bond donors (Lipinski definition) is 2. The van der Waals surface area contributed by atoms with E-state index in [4.69, 9.17) is 9.84 Å². The van der Waals surface area contributed by atoms with E-state index in [9.17, 15) is 18.0 Å². The average Bonchev–Trinajstić information content (AvgIpc) is 2.99. The number of carbonyl (C=O) groups is 1. The lowest BCUT2D eigenvalue weighted by atomic mass is 9.96. The number of rotatable bonds is 3. The summed E-state index contributed by atoms with van der Waals surface area (Å²) in [5.74, 6) is -1.94. The molecule has 0 spiro atoms. The van der Waals surface area contributed by atoms with Gasteiger partial charge in [0.2, 0.25) is 5.95 Å². The van der Waals surface area contributed by atoms with Crippen molar-refractivity contribution in [2.45, 2.75) is 43.7 Å². The fourth-order valence-corrected chi connectivity index (χ4v) is 2.78. The van der Waals surface area contributed by atoms with E-state index in [1.54, 1.807) is 0 Å². The Hall–Kier alpha value is -1.90.